The monoisotopic (exact) mass is 567 g/mol. The Labute approximate surface area is 216 Å². The van der Waals surface area contributed by atoms with Crippen molar-refractivity contribution < 1.29 is 22.7 Å². The van der Waals surface area contributed by atoms with E-state index in [4.69, 9.17) is 4.74 Å². The topological polar surface area (TPSA) is 96.0 Å². The number of rotatable bonds is 12. The van der Waals surface area contributed by atoms with Gasteiger partial charge in [-0.2, -0.15) is 0 Å². The molecule has 0 fully saturated rings. The minimum atomic E-state index is -3.60. The highest BCUT2D eigenvalue weighted by Gasteiger charge is 2.27. The summed E-state index contributed by atoms with van der Waals surface area (Å²) in [6.07, 6.45) is 1.48. The predicted octanol–water partition coefficient (Wildman–Crippen LogP) is 3.95. The van der Waals surface area contributed by atoms with E-state index in [-0.39, 0.29) is 43.8 Å². The lowest BCUT2D eigenvalue weighted by Gasteiger charge is -2.30. The zero-order valence-electron chi connectivity index (χ0n) is 20.8. The maximum atomic E-state index is 13.3. The molecule has 2 rings (SSSR count). The highest BCUT2D eigenvalue weighted by atomic mass is 79.9. The molecule has 0 spiro atoms. The summed E-state index contributed by atoms with van der Waals surface area (Å²) in [6.45, 7) is 5.79. The van der Waals surface area contributed by atoms with E-state index >= 15 is 0 Å². The lowest BCUT2D eigenvalue weighted by atomic mass is 10.1. The second-order valence-electron chi connectivity index (χ2n) is 8.60. The molecule has 2 aromatic carbocycles. The minimum Gasteiger partial charge on any atom is -0.495 e. The first-order valence-electron chi connectivity index (χ1n) is 11.4. The van der Waals surface area contributed by atoms with E-state index in [1.165, 1.54) is 16.3 Å². The van der Waals surface area contributed by atoms with Crippen LogP contribution in [-0.4, -0.2) is 57.1 Å². The van der Waals surface area contributed by atoms with Crippen molar-refractivity contribution in [2.75, 3.05) is 24.2 Å². The molecule has 192 valence electrons. The molecule has 0 bridgehead atoms. The Hall–Kier alpha value is -2.59. The molecule has 0 aliphatic rings. The summed E-state index contributed by atoms with van der Waals surface area (Å²) in [4.78, 5) is 27.5. The first-order chi connectivity index (χ1) is 16.4. The molecule has 0 aliphatic carbocycles. The summed E-state index contributed by atoms with van der Waals surface area (Å²) in [5.74, 6) is -0.0369. The number of carbonyl (C=O) groups is 2. The standard InChI is InChI=1S/C25H34BrN3O5S/c1-18(2)27-25(31)19(3)28(17-20-12-14-21(26)15-13-20)24(30)11-8-16-29(35(5,32)33)22-9-6-7-10-23(22)34-4/h6-7,9-10,12-15,18-19H,8,11,16-17H2,1-5H3,(H,27,31). The number of ether oxygens (including phenoxy) is 1. The number of hydrogen-bond donors (Lipinski definition) is 1. The third-order valence-electron chi connectivity index (χ3n) is 5.37. The maximum Gasteiger partial charge on any atom is 0.242 e. The Balaban J connectivity index is 2.19. The lowest BCUT2D eigenvalue weighted by Crippen LogP contribution is -2.49. The van der Waals surface area contributed by atoms with Gasteiger partial charge in [0.05, 0.1) is 19.1 Å². The van der Waals surface area contributed by atoms with E-state index in [1.807, 2.05) is 38.1 Å². The van der Waals surface area contributed by atoms with Gasteiger partial charge in [-0.05, 0) is 57.0 Å². The smallest absolute Gasteiger partial charge is 0.242 e. The molecular formula is C25H34BrN3O5S. The number of nitrogens with one attached hydrogen (secondary N) is 1. The number of halogens is 1. The summed E-state index contributed by atoms with van der Waals surface area (Å²) >= 11 is 3.41. The average Bonchev–Trinajstić information content (AvgIpc) is 2.79. The van der Waals surface area contributed by atoms with Crippen LogP contribution >= 0.6 is 15.9 Å². The first-order valence-corrected chi connectivity index (χ1v) is 14.0. The second-order valence-corrected chi connectivity index (χ2v) is 11.4. The van der Waals surface area contributed by atoms with Crippen molar-refractivity contribution in [3.63, 3.8) is 0 Å². The van der Waals surface area contributed by atoms with Crippen molar-refractivity contribution in [3.8, 4) is 5.75 Å². The van der Waals surface area contributed by atoms with Crippen LogP contribution in [0.4, 0.5) is 5.69 Å². The summed E-state index contributed by atoms with van der Waals surface area (Å²) in [6, 6.07) is 13.7. The van der Waals surface area contributed by atoms with Crippen LogP contribution in [0.3, 0.4) is 0 Å². The van der Waals surface area contributed by atoms with Gasteiger partial charge in [0.1, 0.15) is 11.8 Å². The Bertz CT molecular complexity index is 1110. The summed E-state index contributed by atoms with van der Waals surface area (Å²) in [7, 11) is -2.13. The first kappa shape index (κ1) is 28.6. The molecule has 0 saturated heterocycles. The molecule has 35 heavy (non-hydrogen) atoms. The van der Waals surface area contributed by atoms with E-state index in [0.29, 0.717) is 11.4 Å². The zero-order valence-corrected chi connectivity index (χ0v) is 23.2. The van der Waals surface area contributed by atoms with Crippen molar-refractivity contribution in [1.82, 2.24) is 10.2 Å². The van der Waals surface area contributed by atoms with Gasteiger partial charge < -0.3 is 15.0 Å². The van der Waals surface area contributed by atoms with Gasteiger partial charge in [0.25, 0.3) is 0 Å². The van der Waals surface area contributed by atoms with Crippen LogP contribution in [0.1, 0.15) is 39.2 Å². The van der Waals surface area contributed by atoms with Gasteiger partial charge >= 0.3 is 0 Å². The van der Waals surface area contributed by atoms with Crippen LogP contribution in [0, 0.1) is 0 Å². The predicted molar refractivity (Wildman–Crippen MR) is 142 cm³/mol. The van der Waals surface area contributed by atoms with Gasteiger partial charge in [-0.1, -0.05) is 40.2 Å². The summed E-state index contributed by atoms with van der Waals surface area (Å²) in [5, 5.41) is 2.86. The molecule has 8 nitrogen and oxygen atoms in total. The van der Waals surface area contributed by atoms with Crippen LogP contribution in [0.2, 0.25) is 0 Å². The van der Waals surface area contributed by atoms with Gasteiger partial charge in [-0.3, -0.25) is 13.9 Å². The fraction of sp³-hybridized carbons (Fsp3) is 0.440. The normalized spacial score (nSPS) is 12.2. The Morgan fingerprint density at radius 1 is 1.06 bits per heavy atom. The largest absolute Gasteiger partial charge is 0.495 e. The molecule has 0 aromatic heterocycles. The van der Waals surface area contributed by atoms with Gasteiger partial charge in [0, 0.05) is 30.0 Å². The van der Waals surface area contributed by atoms with Crippen molar-refractivity contribution in [2.24, 2.45) is 0 Å². The molecule has 2 amide bonds. The quantitative estimate of drug-likeness (QED) is 0.419. The van der Waals surface area contributed by atoms with Crippen LogP contribution in [-0.2, 0) is 26.2 Å². The van der Waals surface area contributed by atoms with Crippen LogP contribution in [0.25, 0.3) is 0 Å². The molecule has 2 aromatic rings. The number of methoxy groups -OCH3 is 1. The number of carbonyl (C=O) groups excluding carboxylic acids is 2. The Kier molecular flexibility index (Phi) is 10.6. The SMILES string of the molecule is COc1ccccc1N(CCCC(=O)N(Cc1ccc(Br)cc1)C(C)C(=O)NC(C)C)S(C)(=O)=O. The summed E-state index contributed by atoms with van der Waals surface area (Å²) < 4.78 is 32.5. The number of benzene rings is 2. The molecule has 1 atom stereocenters. The van der Waals surface area contributed by atoms with E-state index in [2.05, 4.69) is 21.2 Å². The number of amides is 2. The maximum absolute atomic E-state index is 13.3. The van der Waals surface area contributed by atoms with E-state index in [0.717, 1.165) is 16.3 Å². The van der Waals surface area contributed by atoms with Crippen LogP contribution in [0.15, 0.2) is 53.0 Å². The second kappa shape index (κ2) is 12.9. The van der Waals surface area contributed by atoms with Gasteiger partial charge in [0.2, 0.25) is 21.8 Å². The fourth-order valence-corrected chi connectivity index (χ4v) is 4.83. The summed E-state index contributed by atoms with van der Waals surface area (Å²) in [5.41, 5.74) is 1.30. The molecule has 10 heteroatoms. The molecule has 0 heterocycles. The van der Waals surface area contributed by atoms with Crippen LogP contribution < -0.4 is 14.4 Å². The van der Waals surface area contributed by atoms with Crippen molar-refractivity contribution in [2.45, 2.75) is 52.2 Å². The molecule has 0 aliphatic heterocycles. The third-order valence-corrected chi connectivity index (χ3v) is 7.08. The number of para-hydroxylation sites is 2. The highest BCUT2D eigenvalue weighted by molar-refractivity contribution is 9.10. The molecule has 1 N–H and O–H groups in total. The van der Waals surface area contributed by atoms with E-state index < -0.39 is 16.1 Å². The number of hydrogen-bond acceptors (Lipinski definition) is 5. The lowest BCUT2D eigenvalue weighted by molar-refractivity contribution is -0.140. The zero-order chi connectivity index (χ0) is 26.2. The van der Waals surface area contributed by atoms with Crippen molar-refractivity contribution in [3.05, 3.63) is 58.6 Å². The van der Waals surface area contributed by atoms with Gasteiger partial charge in [-0.25, -0.2) is 8.42 Å². The molecule has 0 saturated carbocycles. The third kappa shape index (κ3) is 8.54. The number of sulfonamides is 1. The molecule has 1 unspecified atom stereocenters. The molecule has 0 radical (unpaired) electrons. The Morgan fingerprint density at radius 2 is 1.69 bits per heavy atom. The van der Waals surface area contributed by atoms with Crippen LogP contribution in [0.5, 0.6) is 5.75 Å². The number of anilines is 1. The van der Waals surface area contributed by atoms with Crippen molar-refractivity contribution in [1.29, 1.82) is 0 Å². The number of nitrogens with zero attached hydrogens (tertiary/aromatic N) is 2. The van der Waals surface area contributed by atoms with Gasteiger partial charge in [-0.15, -0.1) is 0 Å². The Morgan fingerprint density at radius 3 is 2.26 bits per heavy atom. The van der Waals surface area contributed by atoms with Gasteiger partial charge in [0.15, 0.2) is 0 Å². The van der Waals surface area contributed by atoms with Crippen molar-refractivity contribution >= 4 is 43.5 Å². The van der Waals surface area contributed by atoms with E-state index in [9.17, 15) is 18.0 Å². The highest BCUT2D eigenvalue weighted by Crippen LogP contribution is 2.29. The minimum absolute atomic E-state index is 0.0567. The molecular weight excluding hydrogens is 534 g/mol. The van der Waals surface area contributed by atoms with E-state index in [1.54, 1.807) is 31.2 Å². The fourth-order valence-electron chi connectivity index (χ4n) is 3.59. The average molecular weight is 569 g/mol.